The van der Waals surface area contributed by atoms with Crippen LogP contribution in [0.3, 0.4) is 0 Å². The molecule has 5 nitrogen and oxygen atoms in total. The van der Waals surface area contributed by atoms with E-state index in [-0.39, 0.29) is 0 Å². The first-order valence-electron chi connectivity index (χ1n) is 10.1. The van der Waals surface area contributed by atoms with Crippen LogP contribution in [0.25, 0.3) is 0 Å². The third kappa shape index (κ3) is 2.94. The topological polar surface area (TPSA) is 47.0 Å². The molecule has 3 aliphatic heterocycles. The molecule has 1 atom stereocenters. The third-order valence-corrected chi connectivity index (χ3v) is 7.50. The van der Waals surface area contributed by atoms with Crippen molar-refractivity contribution in [3.8, 4) is 0 Å². The minimum atomic E-state index is -0.729. The molecule has 4 aliphatic rings. The predicted octanol–water partition coefficient (Wildman–Crippen LogP) is 2.72. The second-order valence-corrected chi connectivity index (χ2v) is 8.73. The highest BCUT2D eigenvalue weighted by Crippen LogP contribution is 2.50. The SMILES string of the molecule is CCN1CCC[C@H]1C1CCN(C2CC3(CCN(C(=O)O)C3)C2)CC1. The van der Waals surface area contributed by atoms with Crippen LogP contribution in [-0.2, 0) is 0 Å². The van der Waals surface area contributed by atoms with Crippen molar-refractivity contribution in [3.05, 3.63) is 0 Å². The van der Waals surface area contributed by atoms with Crippen LogP contribution in [0.2, 0.25) is 0 Å². The highest BCUT2D eigenvalue weighted by molar-refractivity contribution is 5.65. The molecular weight excluding hydrogens is 302 g/mol. The first-order valence-corrected chi connectivity index (χ1v) is 10.1. The Labute approximate surface area is 146 Å². The normalized spacial score (nSPS) is 38.8. The molecule has 3 heterocycles. The molecule has 3 saturated heterocycles. The van der Waals surface area contributed by atoms with Gasteiger partial charge in [-0.25, -0.2) is 4.79 Å². The molecule has 0 radical (unpaired) electrons. The Morgan fingerprint density at radius 2 is 1.88 bits per heavy atom. The lowest BCUT2D eigenvalue weighted by Crippen LogP contribution is -2.55. The highest BCUT2D eigenvalue weighted by atomic mass is 16.4. The monoisotopic (exact) mass is 335 g/mol. The number of likely N-dealkylation sites (tertiary alicyclic amines) is 3. The van der Waals surface area contributed by atoms with Gasteiger partial charge < -0.3 is 19.8 Å². The lowest BCUT2D eigenvalue weighted by Gasteiger charge is -2.52. The van der Waals surface area contributed by atoms with Gasteiger partial charge >= 0.3 is 6.09 Å². The summed E-state index contributed by atoms with van der Waals surface area (Å²) in [7, 11) is 0. The largest absolute Gasteiger partial charge is 0.465 e. The van der Waals surface area contributed by atoms with Crippen molar-refractivity contribution in [1.82, 2.24) is 14.7 Å². The summed E-state index contributed by atoms with van der Waals surface area (Å²) in [5.74, 6) is 0.909. The average molecular weight is 335 g/mol. The van der Waals surface area contributed by atoms with Gasteiger partial charge in [-0.3, -0.25) is 0 Å². The summed E-state index contributed by atoms with van der Waals surface area (Å²) in [6, 6.07) is 1.58. The zero-order valence-electron chi connectivity index (χ0n) is 15.1. The quantitative estimate of drug-likeness (QED) is 0.861. The number of carboxylic acid groups (broad SMARTS) is 1. The Morgan fingerprint density at radius 3 is 2.50 bits per heavy atom. The number of rotatable bonds is 3. The maximum Gasteiger partial charge on any atom is 0.407 e. The number of hydrogen-bond acceptors (Lipinski definition) is 3. The zero-order valence-corrected chi connectivity index (χ0v) is 15.1. The molecule has 0 aromatic carbocycles. The zero-order chi connectivity index (χ0) is 16.7. The van der Waals surface area contributed by atoms with E-state index in [0.29, 0.717) is 5.41 Å². The van der Waals surface area contributed by atoms with Crippen molar-refractivity contribution in [3.63, 3.8) is 0 Å². The summed E-state index contributed by atoms with van der Waals surface area (Å²) in [5.41, 5.74) is 0.324. The predicted molar refractivity (Wildman–Crippen MR) is 94.2 cm³/mol. The summed E-state index contributed by atoms with van der Waals surface area (Å²) in [6.07, 6.45) is 8.35. The van der Waals surface area contributed by atoms with Gasteiger partial charge in [0, 0.05) is 25.2 Å². The van der Waals surface area contributed by atoms with Crippen LogP contribution in [0.15, 0.2) is 0 Å². The van der Waals surface area contributed by atoms with E-state index in [2.05, 4.69) is 16.7 Å². The van der Waals surface area contributed by atoms with Crippen molar-refractivity contribution in [2.24, 2.45) is 11.3 Å². The molecule has 1 saturated carbocycles. The molecule has 1 spiro atoms. The molecule has 0 unspecified atom stereocenters. The van der Waals surface area contributed by atoms with Crippen LogP contribution in [0, 0.1) is 11.3 Å². The van der Waals surface area contributed by atoms with Crippen LogP contribution in [-0.4, -0.2) is 77.3 Å². The number of carbonyl (C=O) groups is 1. The highest BCUT2D eigenvalue weighted by Gasteiger charge is 2.51. The first-order chi connectivity index (χ1) is 11.6. The fraction of sp³-hybridized carbons (Fsp3) is 0.947. The van der Waals surface area contributed by atoms with Crippen LogP contribution in [0.5, 0.6) is 0 Å². The number of nitrogens with zero attached hydrogens (tertiary/aromatic N) is 3. The number of hydrogen-bond donors (Lipinski definition) is 1. The van der Waals surface area contributed by atoms with Gasteiger partial charge in [0.2, 0.25) is 0 Å². The van der Waals surface area contributed by atoms with Gasteiger partial charge in [0.25, 0.3) is 0 Å². The van der Waals surface area contributed by atoms with Gasteiger partial charge in [-0.15, -0.1) is 0 Å². The van der Waals surface area contributed by atoms with Crippen LogP contribution in [0.1, 0.15) is 51.9 Å². The Balaban J connectivity index is 1.24. The van der Waals surface area contributed by atoms with E-state index in [1.165, 1.54) is 64.7 Å². The van der Waals surface area contributed by atoms with Crippen LogP contribution in [0.4, 0.5) is 4.79 Å². The van der Waals surface area contributed by atoms with E-state index in [4.69, 9.17) is 5.11 Å². The van der Waals surface area contributed by atoms with Gasteiger partial charge in [0.05, 0.1) is 0 Å². The third-order valence-electron chi connectivity index (χ3n) is 7.50. The van der Waals surface area contributed by atoms with Gasteiger partial charge in [-0.2, -0.15) is 0 Å². The average Bonchev–Trinajstić information content (AvgIpc) is 3.20. The van der Waals surface area contributed by atoms with E-state index in [1.54, 1.807) is 4.90 Å². The van der Waals surface area contributed by atoms with Gasteiger partial charge in [-0.1, -0.05) is 6.92 Å². The molecule has 1 amide bonds. The standard InChI is InChI=1S/C19H33N3O2/c1-2-20-8-3-4-17(20)15-5-9-21(10-6-15)16-12-19(13-16)7-11-22(14-19)18(23)24/h15-17H,2-14H2,1H3,(H,23,24)/t16?,17-,19?/m0/s1. The van der Waals surface area contributed by atoms with Crippen molar-refractivity contribution in [2.75, 3.05) is 39.3 Å². The lowest BCUT2D eigenvalue weighted by atomic mass is 9.64. The maximum absolute atomic E-state index is 11.1. The number of amides is 1. The smallest absolute Gasteiger partial charge is 0.407 e. The van der Waals surface area contributed by atoms with Crippen molar-refractivity contribution >= 4 is 6.09 Å². The van der Waals surface area contributed by atoms with E-state index in [0.717, 1.165) is 37.5 Å². The van der Waals surface area contributed by atoms with Crippen LogP contribution >= 0.6 is 0 Å². The summed E-state index contributed by atoms with van der Waals surface area (Å²) in [4.78, 5) is 18.2. The van der Waals surface area contributed by atoms with Gasteiger partial charge in [0.15, 0.2) is 0 Å². The second-order valence-electron chi connectivity index (χ2n) is 8.73. The molecule has 0 aromatic heterocycles. The van der Waals surface area contributed by atoms with E-state index in [9.17, 15) is 4.79 Å². The molecule has 0 aromatic rings. The fourth-order valence-electron chi connectivity index (χ4n) is 6.08. The Bertz CT molecular complexity index is 469. The van der Waals surface area contributed by atoms with Crippen molar-refractivity contribution < 1.29 is 9.90 Å². The molecule has 1 N–H and O–H groups in total. The molecule has 1 aliphatic carbocycles. The van der Waals surface area contributed by atoms with Crippen molar-refractivity contribution in [1.29, 1.82) is 0 Å². The Morgan fingerprint density at radius 1 is 1.12 bits per heavy atom. The summed E-state index contributed by atoms with van der Waals surface area (Å²) >= 11 is 0. The molecule has 0 bridgehead atoms. The summed E-state index contributed by atoms with van der Waals surface area (Å²) < 4.78 is 0. The summed E-state index contributed by atoms with van der Waals surface area (Å²) in [6.45, 7) is 8.90. The Kier molecular flexibility index (Phi) is 4.50. The molecule has 136 valence electrons. The van der Waals surface area contributed by atoms with Gasteiger partial charge in [0.1, 0.15) is 0 Å². The number of piperidine rings is 1. The molecule has 4 fully saturated rings. The maximum atomic E-state index is 11.1. The molecule has 24 heavy (non-hydrogen) atoms. The Hall–Kier alpha value is -0.810. The minimum Gasteiger partial charge on any atom is -0.465 e. The summed E-state index contributed by atoms with van der Waals surface area (Å²) in [5, 5.41) is 9.17. The van der Waals surface area contributed by atoms with Gasteiger partial charge in [-0.05, 0) is 82.5 Å². The minimum absolute atomic E-state index is 0.324. The van der Waals surface area contributed by atoms with E-state index >= 15 is 0 Å². The van der Waals surface area contributed by atoms with Crippen LogP contribution < -0.4 is 0 Å². The van der Waals surface area contributed by atoms with Crippen molar-refractivity contribution in [2.45, 2.75) is 64.0 Å². The molecule has 4 rings (SSSR count). The lowest BCUT2D eigenvalue weighted by molar-refractivity contribution is -0.0150. The van der Waals surface area contributed by atoms with E-state index < -0.39 is 6.09 Å². The fourth-order valence-corrected chi connectivity index (χ4v) is 6.08. The second kappa shape index (κ2) is 6.49. The first kappa shape index (κ1) is 16.6. The molecular formula is C19H33N3O2. The molecule has 5 heteroatoms. The van der Waals surface area contributed by atoms with E-state index in [1.807, 2.05) is 0 Å².